The normalized spacial score (nSPS) is 26.2. The van der Waals surface area contributed by atoms with Gasteiger partial charge in [0, 0.05) is 19.0 Å². The lowest BCUT2D eigenvalue weighted by Crippen LogP contribution is -2.40. The Kier molecular flexibility index (Phi) is 3.21. The summed E-state index contributed by atoms with van der Waals surface area (Å²) >= 11 is 0. The molecular weight excluding hydrogens is 210 g/mol. The molecule has 0 atom stereocenters. The second-order valence-corrected chi connectivity index (χ2v) is 5.87. The van der Waals surface area contributed by atoms with Gasteiger partial charge in [0.25, 0.3) is 0 Å². The summed E-state index contributed by atoms with van der Waals surface area (Å²) < 4.78 is 0. The van der Waals surface area contributed by atoms with E-state index in [1.165, 1.54) is 32.1 Å². The highest BCUT2D eigenvalue weighted by molar-refractivity contribution is 5.79. The molecule has 1 amide bonds. The first-order valence-electron chi connectivity index (χ1n) is 7.33. The van der Waals surface area contributed by atoms with Crippen LogP contribution < -0.4 is 0 Å². The van der Waals surface area contributed by atoms with E-state index in [1.54, 1.807) is 11.1 Å². The Morgan fingerprint density at radius 3 is 2.06 bits per heavy atom. The zero-order valence-corrected chi connectivity index (χ0v) is 10.7. The van der Waals surface area contributed by atoms with E-state index in [2.05, 4.69) is 4.90 Å². The predicted octanol–water partition coefficient (Wildman–Crippen LogP) is 3.28. The van der Waals surface area contributed by atoms with E-state index in [1.807, 2.05) is 0 Å². The molecule has 3 rings (SSSR count). The average molecular weight is 233 g/mol. The Bertz CT molecular complexity index is 323. The zero-order chi connectivity index (χ0) is 11.7. The van der Waals surface area contributed by atoms with E-state index in [4.69, 9.17) is 0 Å². The fourth-order valence-electron chi connectivity index (χ4n) is 3.37. The third-order valence-corrected chi connectivity index (χ3v) is 4.63. The largest absolute Gasteiger partial charge is 0.342 e. The highest BCUT2D eigenvalue weighted by Crippen LogP contribution is 2.36. The van der Waals surface area contributed by atoms with Crippen molar-refractivity contribution >= 4 is 5.91 Å². The molecule has 2 saturated carbocycles. The number of allylic oxidation sites excluding steroid dienone is 1. The molecule has 1 heterocycles. The smallest absolute Gasteiger partial charge is 0.225 e. The van der Waals surface area contributed by atoms with Crippen molar-refractivity contribution in [1.82, 2.24) is 4.90 Å². The monoisotopic (exact) mass is 233 g/mol. The van der Waals surface area contributed by atoms with Gasteiger partial charge in [0.05, 0.1) is 0 Å². The summed E-state index contributed by atoms with van der Waals surface area (Å²) in [6.45, 7) is 1.99. The Morgan fingerprint density at radius 2 is 1.47 bits per heavy atom. The minimum Gasteiger partial charge on any atom is -0.342 e. The first-order valence-corrected chi connectivity index (χ1v) is 7.33. The van der Waals surface area contributed by atoms with Gasteiger partial charge in [-0.1, -0.05) is 30.4 Å². The SMILES string of the molecule is O=C(C1CCCCC1)N1CCC(=C2CC2)CC1. The number of hydrogen-bond donors (Lipinski definition) is 0. The molecule has 0 aromatic rings. The van der Waals surface area contributed by atoms with E-state index >= 15 is 0 Å². The van der Waals surface area contributed by atoms with Crippen LogP contribution in [0.25, 0.3) is 0 Å². The van der Waals surface area contributed by atoms with Gasteiger partial charge in [-0.15, -0.1) is 0 Å². The van der Waals surface area contributed by atoms with Crippen molar-refractivity contribution in [2.75, 3.05) is 13.1 Å². The molecule has 3 aliphatic rings. The molecule has 0 aromatic carbocycles. The summed E-state index contributed by atoms with van der Waals surface area (Å²) in [5, 5.41) is 0. The summed E-state index contributed by atoms with van der Waals surface area (Å²) in [6, 6.07) is 0. The third-order valence-electron chi connectivity index (χ3n) is 4.63. The molecule has 3 fully saturated rings. The Hall–Kier alpha value is -0.790. The van der Waals surface area contributed by atoms with Crippen molar-refractivity contribution in [2.45, 2.75) is 57.8 Å². The Morgan fingerprint density at radius 1 is 0.882 bits per heavy atom. The van der Waals surface area contributed by atoms with E-state index in [9.17, 15) is 4.79 Å². The molecule has 1 saturated heterocycles. The van der Waals surface area contributed by atoms with Crippen LogP contribution in [-0.4, -0.2) is 23.9 Å². The van der Waals surface area contributed by atoms with Gasteiger partial charge in [-0.3, -0.25) is 4.79 Å². The van der Waals surface area contributed by atoms with Crippen LogP contribution in [0.3, 0.4) is 0 Å². The second-order valence-electron chi connectivity index (χ2n) is 5.87. The van der Waals surface area contributed by atoms with Gasteiger partial charge in [0.1, 0.15) is 0 Å². The molecular formula is C15H23NO. The van der Waals surface area contributed by atoms with Crippen molar-refractivity contribution in [1.29, 1.82) is 0 Å². The molecule has 2 heteroatoms. The maximum atomic E-state index is 12.4. The minimum atomic E-state index is 0.360. The number of carbonyl (C=O) groups excluding carboxylic acids is 1. The van der Waals surface area contributed by atoms with Crippen LogP contribution in [0.4, 0.5) is 0 Å². The van der Waals surface area contributed by atoms with Crippen LogP contribution in [0.2, 0.25) is 0 Å². The van der Waals surface area contributed by atoms with Crippen LogP contribution >= 0.6 is 0 Å². The summed E-state index contributed by atoms with van der Waals surface area (Å²) in [7, 11) is 0. The first-order chi connectivity index (χ1) is 8.34. The average Bonchev–Trinajstić information content (AvgIpc) is 3.24. The van der Waals surface area contributed by atoms with Gasteiger partial charge >= 0.3 is 0 Å². The summed E-state index contributed by atoms with van der Waals surface area (Å²) in [4.78, 5) is 14.5. The van der Waals surface area contributed by atoms with E-state index in [-0.39, 0.29) is 0 Å². The molecule has 0 aromatic heterocycles. The van der Waals surface area contributed by atoms with E-state index < -0.39 is 0 Å². The topological polar surface area (TPSA) is 20.3 Å². The molecule has 0 spiro atoms. The lowest BCUT2D eigenvalue weighted by molar-refractivity contribution is -0.137. The lowest BCUT2D eigenvalue weighted by Gasteiger charge is -2.33. The maximum absolute atomic E-state index is 12.4. The highest BCUT2D eigenvalue weighted by atomic mass is 16.2. The van der Waals surface area contributed by atoms with Crippen LogP contribution in [0.15, 0.2) is 11.1 Å². The number of hydrogen-bond acceptors (Lipinski definition) is 1. The van der Waals surface area contributed by atoms with Gasteiger partial charge < -0.3 is 4.90 Å². The first kappa shape index (κ1) is 11.3. The molecule has 0 unspecified atom stereocenters. The number of carbonyl (C=O) groups is 1. The lowest BCUT2D eigenvalue weighted by atomic mass is 9.87. The highest BCUT2D eigenvalue weighted by Gasteiger charge is 2.29. The van der Waals surface area contributed by atoms with Crippen LogP contribution in [0, 0.1) is 5.92 Å². The molecule has 94 valence electrons. The maximum Gasteiger partial charge on any atom is 0.225 e. The molecule has 0 N–H and O–H groups in total. The van der Waals surface area contributed by atoms with Crippen molar-refractivity contribution in [3.05, 3.63) is 11.1 Å². The summed E-state index contributed by atoms with van der Waals surface area (Å²) in [6.07, 6.45) is 11.1. The minimum absolute atomic E-state index is 0.360. The Labute approximate surface area is 104 Å². The second kappa shape index (κ2) is 4.83. The molecule has 0 bridgehead atoms. The van der Waals surface area contributed by atoms with Crippen LogP contribution in [0.1, 0.15) is 57.8 Å². The quantitative estimate of drug-likeness (QED) is 0.636. The molecule has 1 aliphatic heterocycles. The number of rotatable bonds is 1. The molecule has 2 nitrogen and oxygen atoms in total. The van der Waals surface area contributed by atoms with Crippen molar-refractivity contribution in [3.63, 3.8) is 0 Å². The van der Waals surface area contributed by atoms with Gasteiger partial charge in [0.2, 0.25) is 5.91 Å². The van der Waals surface area contributed by atoms with E-state index in [0.29, 0.717) is 11.8 Å². The Balaban J connectivity index is 1.54. The predicted molar refractivity (Wildman–Crippen MR) is 68.6 cm³/mol. The van der Waals surface area contributed by atoms with Gasteiger partial charge in [-0.25, -0.2) is 0 Å². The summed E-state index contributed by atoms with van der Waals surface area (Å²) in [5.74, 6) is 0.823. The van der Waals surface area contributed by atoms with Crippen molar-refractivity contribution in [2.24, 2.45) is 5.92 Å². The molecule has 2 aliphatic carbocycles. The molecule has 0 radical (unpaired) electrons. The fourth-order valence-corrected chi connectivity index (χ4v) is 3.37. The van der Waals surface area contributed by atoms with Crippen molar-refractivity contribution in [3.8, 4) is 0 Å². The number of likely N-dealkylation sites (tertiary alicyclic amines) is 1. The van der Waals surface area contributed by atoms with Gasteiger partial charge in [0.15, 0.2) is 0 Å². The van der Waals surface area contributed by atoms with Crippen LogP contribution in [0.5, 0.6) is 0 Å². The van der Waals surface area contributed by atoms with Crippen LogP contribution in [-0.2, 0) is 4.79 Å². The number of nitrogens with zero attached hydrogens (tertiary/aromatic N) is 1. The fraction of sp³-hybridized carbons (Fsp3) is 0.800. The number of piperidine rings is 1. The van der Waals surface area contributed by atoms with Gasteiger partial charge in [-0.2, -0.15) is 0 Å². The third kappa shape index (κ3) is 2.56. The van der Waals surface area contributed by atoms with Crippen molar-refractivity contribution < 1.29 is 4.79 Å². The summed E-state index contributed by atoms with van der Waals surface area (Å²) in [5.41, 5.74) is 3.38. The van der Waals surface area contributed by atoms with Gasteiger partial charge in [-0.05, 0) is 38.5 Å². The standard InChI is InChI=1S/C15H23NO/c17-15(14-4-2-1-3-5-14)16-10-8-13(9-11-16)12-6-7-12/h14H,1-11H2. The molecule has 17 heavy (non-hydrogen) atoms. The number of amides is 1. The van der Waals surface area contributed by atoms with E-state index in [0.717, 1.165) is 38.8 Å². The zero-order valence-electron chi connectivity index (χ0n) is 10.7.